The molecule has 146 valence electrons. The molecule has 0 saturated carbocycles. The number of hydrogen-bond donors (Lipinski definition) is 0. The van der Waals surface area contributed by atoms with Crippen LogP contribution in [0.15, 0.2) is 48.5 Å². The van der Waals surface area contributed by atoms with Crippen LogP contribution in [0, 0.1) is 0 Å². The van der Waals surface area contributed by atoms with E-state index >= 15 is 0 Å². The van der Waals surface area contributed by atoms with Crippen LogP contribution in [0.4, 0.5) is 11.4 Å². The monoisotopic (exact) mass is 367 g/mol. The Morgan fingerprint density at radius 3 is 1.44 bits per heavy atom. The minimum Gasteiger partial charge on any atom is -0.378 e. The molecule has 1 saturated heterocycles. The van der Waals surface area contributed by atoms with Crippen molar-refractivity contribution >= 4 is 11.4 Å². The fraction of sp³-hybridized carbons (Fsp3) is 0.478. The van der Waals surface area contributed by atoms with Crippen LogP contribution < -0.4 is 9.80 Å². The zero-order valence-electron chi connectivity index (χ0n) is 17.8. The Bertz CT molecular complexity index is 674. The van der Waals surface area contributed by atoms with Crippen molar-refractivity contribution in [3.63, 3.8) is 0 Å². The fourth-order valence-electron chi connectivity index (χ4n) is 4.10. The zero-order valence-corrected chi connectivity index (χ0v) is 17.8. The molecule has 2 aromatic carbocycles. The number of rotatable bonds is 5. The summed E-state index contributed by atoms with van der Waals surface area (Å²) in [6, 6.07) is 18.6. The fourth-order valence-corrected chi connectivity index (χ4v) is 4.10. The number of benzene rings is 2. The van der Waals surface area contributed by atoms with Crippen LogP contribution in [0.1, 0.15) is 17.2 Å². The van der Waals surface area contributed by atoms with Crippen molar-refractivity contribution in [1.82, 2.24) is 4.90 Å². The molecule has 1 aliphatic rings. The van der Waals surface area contributed by atoms with E-state index < -0.39 is 0 Å². The summed E-state index contributed by atoms with van der Waals surface area (Å²) >= 11 is 0. The predicted molar refractivity (Wildman–Crippen MR) is 117 cm³/mol. The highest BCUT2D eigenvalue weighted by molar-refractivity contribution is 5.50. The summed E-state index contributed by atoms with van der Waals surface area (Å²) in [5.41, 5.74) is 5.32. The van der Waals surface area contributed by atoms with Gasteiger partial charge in [-0.25, -0.2) is 0 Å². The van der Waals surface area contributed by atoms with Crippen molar-refractivity contribution in [2.24, 2.45) is 0 Å². The summed E-state index contributed by atoms with van der Waals surface area (Å²) in [5.74, 6) is 0. The molecule has 0 spiro atoms. The Kier molecular flexibility index (Phi) is 5.78. The van der Waals surface area contributed by atoms with Gasteiger partial charge in [0.25, 0.3) is 0 Å². The van der Waals surface area contributed by atoms with Gasteiger partial charge in [-0.1, -0.05) is 24.3 Å². The van der Waals surface area contributed by atoms with Gasteiger partial charge >= 0.3 is 0 Å². The van der Waals surface area contributed by atoms with Crippen LogP contribution in [-0.2, 0) is 0 Å². The molecule has 0 N–H and O–H groups in total. The lowest BCUT2D eigenvalue weighted by molar-refractivity contribution is -0.937. The Hall–Kier alpha value is -2.04. The van der Waals surface area contributed by atoms with Gasteiger partial charge in [0, 0.05) is 63.8 Å². The lowest BCUT2D eigenvalue weighted by Crippen LogP contribution is -2.58. The summed E-state index contributed by atoms with van der Waals surface area (Å²) in [6.07, 6.45) is 0. The second kappa shape index (κ2) is 7.91. The normalized spacial score (nSPS) is 17.1. The average Bonchev–Trinajstić information content (AvgIpc) is 2.65. The number of likely N-dealkylation sites (N-methyl/N-ethyl adjacent to an activating group) is 2. The van der Waals surface area contributed by atoms with E-state index in [-0.39, 0.29) is 0 Å². The molecule has 0 radical (unpaired) electrons. The molecule has 0 aliphatic carbocycles. The minimum atomic E-state index is 0.367. The summed E-state index contributed by atoms with van der Waals surface area (Å²) in [7, 11) is 13.1. The molecule has 1 aliphatic heterocycles. The number of anilines is 2. The van der Waals surface area contributed by atoms with Crippen LogP contribution >= 0.6 is 0 Å². The van der Waals surface area contributed by atoms with Crippen molar-refractivity contribution in [3.05, 3.63) is 59.7 Å². The molecule has 1 fully saturated rings. The maximum atomic E-state index is 2.45. The van der Waals surface area contributed by atoms with Crippen molar-refractivity contribution in [2.75, 3.05) is 78.3 Å². The van der Waals surface area contributed by atoms with Gasteiger partial charge in [0.2, 0.25) is 0 Å². The van der Waals surface area contributed by atoms with Gasteiger partial charge in [0.15, 0.2) is 0 Å². The Balaban J connectivity index is 2.00. The van der Waals surface area contributed by atoms with Crippen LogP contribution in [0.3, 0.4) is 0 Å². The van der Waals surface area contributed by atoms with E-state index in [0.717, 1.165) is 17.6 Å². The first-order valence-electron chi connectivity index (χ1n) is 9.87. The van der Waals surface area contributed by atoms with Gasteiger partial charge in [-0.15, -0.1) is 0 Å². The highest BCUT2D eigenvalue weighted by Gasteiger charge is 2.37. The standard InChI is InChI=1S/C23H35N4/c1-24(2)21-11-7-19(8-12-21)23(27(6)17-15-26(5)16-18-27)20-9-13-22(14-10-20)25(3)4/h7-14,23H,15-18H2,1-6H3/q+1. The van der Waals surface area contributed by atoms with E-state index in [4.69, 9.17) is 0 Å². The summed E-state index contributed by atoms with van der Waals surface area (Å²) in [5, 5.41) is 0. The van der Waals surface area contributed by atoms with Crippen LogP contribution in [0.25, 0.3) is 0 Å². The average molecular weight is 368 g/mol. The predicted octanol–water partition coefficient (Wildman–Crippen LogP) is 3.30. The molecule has 0 bridgehead atoms. The summed E-state index contributed by atoms with van der Waals surface area (Å²) < 4.78 is 1.06. The van der Waals surface area contributed by atoms with Gasteiger partial charge < -0.3 is 14.3 Å². The largest absolute Gasteiger partial charge is 0.378 e. The molecule has 1 heterocycles. The third kappa shape index (κ3) is 4.28. The topological polar surface area (TPSA) is 9.72 Å². The van der Waals surface area contributed by atoms with E-state index in [2.05, 4.69) is 106 Å². The number of nitrogens with zero attached hydrogens (tertiary/aromatic N) is 4. The second-order valence-corrected chi connectivity index (χ2v) is 8.60. The van der Waals surface area contributed by atoms with E-state index in [9.17, 15) is 0 Å². The quantitative estimate of drug-likeness (QED) is 0.751. The van der Waals surface area contributed by atoms with Crippen molar-refractivity contribution in [3.8, 4) is 0 Å². The van der Waals surface area contributed by atoms with Crippen molar-refractivity contribution in [2.45, 2.75) is 6.04 Å². The van der Waals surface area contributed by atoms with Gasteiger partial charge in [0.1, 0.15) is 6.04 Å². The highest BCUT2D eigenvalue weighted by atomic mass is 15.4. The number of quaternary nitrogens is 1. The molecule has 0 amide bonds. The van der Waals surface area contributed by atoms with Crippen molar-refractivity contribution < 1.29 is 4.48 Å². The van der Waals surface area contributed by atoms with Gasteiger partial charge in [-0.05, 0) is 31.3 Å². The molecular weight excluding hydrogens is 332 g/mol. The van der Waals surface area contributed by atoms with Gasteiger partial charge in [-0.2, -0.15) is 0 Å². The van der Waals surface area contributed by atoms with E-state index in [1.807, 2.05) is 0 Å². The third-order valence-electron chi connectivity index (χ3n) is 6.06. The number of piperazine rings is 1. The molecule has 0 unspecified atom stereocenters. The lowest BCUT2D eigenvalue weighted by Gasteiger charge is -2.46. The smallest absolute Gasteiger partial charge is 0.140 e. The van der Waals surface area contributed by atoms with Gasteiger partial charge in [0.05, 0.1) is 20.1 Å². The van der Waals surface area contributed by atoms with E-state index in [1.54, 1.807) is 0 Å². The number of hydrogen-bond acceptors (Lipinski definition) is 3. The SMILES string of the molecule is CN1CC[N+](C)(C(c2ccc(N(C)C)cc2)c2ccc(N(C)C)cc2)CC1. The Morgan fingerprint density at radius 1 is 0.741 bits per heavy atom. The van der Waals surface area contributed by atoms with Gasteiger partial charge in [-0.3, -0.25) is 4.90 Å². The maximum absolute atomic E-state index is 2.45. The van der Waals surface area contributed by atoms with Crippen LogP contribution in [0.5, 0.6) is 0 Å². The van der Waals surface area contributed by atoms with E-state index in [0.29, 0.717) is 6.04 Å². The molecule has 0 aromatic heterocycles. The Morgan fingerprint density at radius 2 is 1.11 bits per heavy atom. The Labute approximate surface area is 165 Å². The molecule has 4 heteroatoms. The molecule has 4 nitrogen and oxygen atoms in total. The first-order valence-corrected chi connectivity index (χ1v) is 9.87. The zero-order chi connectivity index (χ0) is 19.6. The minimum absolute atomic E-state index is 0.367. The van der Waals surface area contributed by atoms with Crippen LogP contribution in [0.2, 0.25) is 0 Å². The molecular formula is C23H35N4+. The third-order valence-corrected chi connectivity index (χ3v) is 6.06. The molecule has 2 aromatic rings. The van der Waals surface area contributed by atoms with Crippen molar-refractivity contribution in [1.29, 1.82) is 0 Å². The van der Waals surface area contributed by atoms with Crippen LogP contribution in [-0.4, -0.2) is 77.8 Å². The maximum Gasteiger partial charge on any atom is 0.140 e. The second-order valence-electron chi connectivity index (χ2n) is 8.60. The first-order chi connectivity index (χ1) is 12.8. The molecule has 27 heavy (non-hydrogen) atoms. The lowest BCUT2D eigenvalue weighted by atomic mass is 9.93. The van der Waals surface area contributed by atoms with E-state index in [1.165, 1.54) is 35.6 Å². The summed E-state index contributed by atoms with van der Waals surface area (Å²) in [6.45, 7) is 4.65. The molecule has 3 rings (SSSR count). The highest BCUT2D eigenvalue weighted by Crippen LogP contribution is 2.36. The first kappa shape index (κ1) is 19.7. The summed E-state index contributed by atoms with van der Waals surface area (Å²) in [4.78, 5) is 6.77. The molecule has 0 atom stereocenters.